The van der Waals surface area contributed by atoms with Crippen LogP contribution in [0.1, 0.15) is 36.1 Å². The van der Waals surface area contributed by atoms with Crippen molar-refractivity contribution >= 4 is 31.1 Å². The van der Waals surface area contributed by atoms with Gasteiger partial charge in [0.2, 0.25) is 0 Å². The molecule has 84 valence electrons. The third-order valence-electron chi connectivity index (χ3n) is 2.71. The molecule has 0 spiro atoms. The molecule has 0 amide bonds. The third-order valence-corrected chi connectivity index (χ3v) is 6.03. The van der Waals surface area contributed by atoms with E-state index in [1.54, 1.807) is 6.07 Å². The minimum absolute atomic E-state index is 0.316. The zero-order valence-corrected chi connectivity index (χ0v) is 10.7. The van der Waals surface area contributed by atoms with Gasteiger partial charge in [0.15, 0.2) is 0 Å². The number of aryl methyl sites for hydroxylation is 2. The van der Waals surface area contributed by atoms with Gasteiger partial charge in [0.05, 0.1) is 0 Å². The van der Waals surface area contributed by atoms with E-state index in [2.05, 4.69) is 0 Å². The summed E-state index contributed by atoms with van der Waals surface area (Å²) in [7, 11) is 1.81. The van der Waals surface area contributed by atoms with Crippen molar-refractivity contribution in [3.63, 3.8) is 0 Å². The van der Waals surface area contributed by atoms with Crippen molar-refractivity contribution in [2.24, 2.45) is 0 Å². The van der Waals surface area contributed by atoms with Gasteiger partial charge in [-0.2, -0.15) is 0 Å². The molecule has 0 fully saturated rings. The largest absolute Gasteiger partial charge is 0.270 e. The van der Waals surface area contributed by atoms with Gasteiger partial charge in [-0.05, 0) is 37.3 Å². The first-order valence-electron chi connectivity index (χ1n) is 5.13. The smallest absolute Gasteiger partial charge is 0.206 e. The molecule has 1 aromatic heterocycles. The first-order valence-corrected chi connectivity index (χ1v) is 8.26. The molecule has 0 aliphatic heterocycles. The lowest BCUT2D eigenvalue weighted by Crippen LogP contribution is -1.94. The van der Waals surface area contributed by atoms with E-state index in [9.17, 15) is 8.42 Å². The predicted molar refractivity (Wildman–Crippen MR) is 63.2 cm³/mol. The maximum atomic E-state index is 11.2. The van der Waals surface area contributed by atoms with Gasteiger partial charge in [0.25, 0.3) is 9.05 Å². The highest BCUT2D eigenvalue weighted by Gasteiger charge is 2.18. The minimum Gasteiger partial charge on any atom is -0.206 e. The zero-order chi connectivity index (χ0) is 10.9. The molecular formula is C10H13ClO2S2. The second kappa shape index (κ2) is 4.44. The molecule has 15 heavy (non-hydrogen) atoms. The number of thiophene rings is 1. The number of halogens is 1. The van der Waals surface area contributed by atoms with E-state index >= 15 is 0 Å². The molecule has 2 rings (SSSR count). The number of hydrogen-bond acceptors (Lipinski definition) is 3. The third kappa shape index (κ3) is 2.74. The Labute approximate surface area is 98.7 Å². The lowest BCUT2D eigenvalue weighted by atomic mass is 10.0. The highest BCUT2D eigenvalue weighted by atomic mass is 35.7. The van der Waals surface area contributed by atoms with Gasteiger partial charge in [-0.1, -0.05) is 12.8 Å². The molecule has 0 saturated heterocycles. The lowest BCUT2D eigenvalue weighted by Gasteiger charge is -2.07. The normalized spacial score (nSPS) is 17.9. The van der Waals surface area contributed by atoms with Crippen molar-refractivity contribution in [1.82, 2.24) is 0 Å². The topological polar surface area (TPSA) is 34.1 Å². The predicted octanol–water partition coefficient (Wildman–Crippen LogP) is 3.33. The van der Waals surface area contributed by atoms with E-state index in [-0.39, 0.29) is 0 Å². The van der Waals surface area contributed by atoms with Crippen molar-refractivity contribution in [1.29, 1.82) is 0 Å². The van der Waals surface area contributed by atoms with Crippen molar-refractivity contribution in [2.45, 2.75) is 42.7 Å². The standard InChI is InChI=1S/C10H13ClO2S2/c11-15(12,13)10-7-8-5-3-1-2-4-6-9(8)14-10/h7H,1-6H2. The van der Waals surface area contributed by atoms with Gasteiger partial charge in [-0.3, -0.25) is 0 Å². The van der Waals surface area contributed by atoms with Crippen LogP contribution in [0.3, 0.4) is 0 Å². The minimum atomic E-state index is -3.53. The molecule has 0 N–H and O–H groups in total. The molecule has 1 heterocycles. The lowest BCUT2D eigenvalue weighted by molar-refractivity contribution is 0.611. The van der Waals surface area contributed by atoms with Crippen LogP contribution >= 0.6 is 22.0 Å². The van der Waals surface area contributed by atoms with Gasteiger partial charge in [-0.15, -0.1) is 11.3 Å². The molecule has 0 atom stereocenters. The maximum Gasteiger partial charge on any atom is 0.270 e. The monoisotopic (exact) mass is 264 g/mol. The molecule has 1 aliphatic carbocycles. The van der Waals surface area contributed by atoms with Crippen LogP contribution in [0, 0.1) is 0 Å². The molecule has 0 unspecified atom stereocenters. The fourth-order valence-electron chi connectivity index (χ4n) is 1.94. The van der Waals surface area contributed by atoms with Crippen LogP contribution in [0.2, 0.25) is 0 Å². The average Bonchev–Trinajstić information content (AvgIpc) is 2.46. The summed E-state index contributed by atoms with van der Waals surface area (Å²) in [4.78, 5) is 1.22. The molecule has 0 saturated carbocycles. The van der Waals surface area contributed by atoms with E-state index in [4.69, 9.17) is 10.7 Å². The quantitative estimate of drug-likeness (QED) is 0.729. The maximum absolute atomic E-state index is 11.2. The highest BCUT2D eigenvalue weighted by molar-refractivity contribution is 8.15. The summed E-state index contributed by atoms with van der Waals surface area (Å²) < 4.78 is 22.7. The second-order valence-electron chi connectivity index (χ2n) is 3.87. The van der Waals surface area contributed by atoms with Gasteiger partial charge in [0, 0.05) is 15.6 Å². The van der Waals surface area contributed by atoms with E-state index in [1.807, 2.05) is 0 Å². The SMILES string of the molecule is O=S(=O)(Cl)c1cc2c(s1)CCCCCC2. The van der Waals surface area contributed by atoms with Gasteiger partial charge < -0.3 is 0 Å². The Morgan fingerprint density at radius 2 is 1.80 bits per heavy atom. The Hall–Kier alpha value is -0.0600. The molecule has 5 heteroatoms. The Kier molecular flexibility index (Phi) is 3.38. The summed E-state index contributed by atoms with van der Waals surface area (Å²) in [5.74, 6) is 0. The van der Waals surface area contributed by atoms with Crippen LogP contribution in [0.5, 0.6) is 0 Å². The summed E-state index contributed by atoms with van der Waals surface area (Å²) in [6, 6.07) is 1.76. The van der Waals surface area contributed by atoms with Crippen LogP contribution in [0.4, 0.5) is 0 Å². The van der Waals surface area contributed by atoms with Crippen LogP contribution in [0.15, 0.2) is 10.3 Å². The van der Waals surface area contributed by atoms with Crippen molar-refractivity contribution in [3.8, 4) is 0 Å². The second-order valence-corrected chi connectivity index (χ2v) is 7.80. The number of fused-ring (bicyclic) bond motifs is 1. The molecule has 2 nitrogen and oxygen atoms in total. The van der Waals surface area contributed by atoms with Gasteiger partial charge >= 0.3 is 0 Å². The summed E-state index contributed by atoms with van der Waals surface area (Å²) in [5, 5.41) is 0. The first kappa shape index (κ1) is 11.4. The van der Waals surface area contributed by atoms with E-state index < -0.39 is 9.05 Å². The molecule has 0 bridgehead atoms. The zero-order valence-electron chi connectivity index (χ0n) is 8.33. The average molecular weight is 265 g/mol. The van der Waals surface area contributed by atoms with E-state index in [0.29, 0.717) is 4.21 Å². The molecule has 1 aromatic rings. The van der Waals surface area contributed by atoms with E-state index in [0.717, 1.165) is 25.7 Å². The summed E-state index contributed by atoms with van der Waals surface area (Å²) in [5.41, 5.74) is 1.19. The Balaban J connectivity index is 2.36. The molecule has 0 aromatic carbocycles. The first-order chi connectivity index (χ1) is 7.07. The number of hydrogen-bond donors (Lipinski definition) is 0. The van der Waals surface area contributed by atoms with Crippen molar-refractivity contribution < 1.29 is 8.42 Å². The van der Waals surface area contributed by atoms with Gasteiger partial charge in [0.1, 0.15) is 4.21 Å². The summed E-state index contributed by atoms with van der Waals surface area (Å²) in [6.45, 7) is 0. The molecular weight excluding hydrogens is 252 g/mol. The molecule has 1 aliphatic rings. The Morgan fingerprint density at radius 1 is 1.13 bits per heavy atom. The summed E-state index contributed by atoms with van der Waals surface area (Å²) >= 11 is 1.34. The molecule has 0 radical (unpaired) electrons. The Bertz CT molecular complexity index is 422. The van der Waals surface area contributed by atoms with Gasteiger partial charge in [-0.25, -0.2) is 8.42 Å². The van der Waals surface area contributed by atoms with Crippen LogP contribution in [0.25, 0.3) is 0 Å². The van der Waals surface area contributed by atoms with Crippen molar-refractivity contribution in [3.05, 3.63) is 16.5 Å². The Morgan fingerprint density at radius 3 is 2.47 bits per heavy atom. The van der Waals surface area contributed by atoms with Crippen LogP contribution in [-0.4, -0.2) is 8.42 Å². The summed E-state index contributed by atoms with van der Waals surface area (Å²) in [6.07, 6.45) is 6.82. The highest BCUT2D eigenvalue weighted by Crippen LogP contribution is 2.32. The van der Waals surface area contributed by atoms with Crippen LogP contribution in [-0.2, 0) is 21.9 Å². The van der Waals surface area contributed by atoms with Crippen molar-refractivity contribution in [2.75, 3.05) is 0 Å². The number of rotatable bonds is 1. The fraction of sp³-hybridized carbons (Fsp3) is 0.600. The van der Waals surface area contributed by atoms with Crippen LogP contribution < -0.4 is 0 Å². The fourth-order valence-corrected chi connectivity index (χ4v) is 4.32. The van der Waals surface area contributed by atoms with E-state index in [1.165, 1.54) is 34.6 Å².